The molecular weight excluding hydrogens is 480 g/mol. The molecule has 0 fully saturated rings. The molecule has 0 bridgehead atoms. The van der Waals surface area contributed by atoms with Gasteiger partial charge in [-0.1, -0.05) is 60.7 Å². The molecule has 0 heterocycles. The highest BCUT2D eigenvalue weighted by atomic mass is 14.4. The van der Waals surface area contributed by atoms with Gasteiger partial charge in [0.15, 0.2) is 0 Å². The molecule has 16 aromatic rings. The minimum atomic E-state index is 1.45. The molecule has 0 aromatic heterocycles. The second-order valence-corrected chi connectivity index (χ2v) is 13.3. The Hall–Kier alpha value is -5.20. The molecule has 0 radical (unpaired) electrons. The minimum Gasteiger partial charge on any atom is -0.0531 e. The van der Waals surface area contributed by atoms with E-state index in [1.807, 2.05) is 0 Å². The largest absolute Gasteiger partial charge is 0.0531 e. The van der Waals surface area contributed by atoms with Crippen LogP contribution in [0.2, 0.25) is 0 Å². The highest BCUT2D eigenvalue weighted by molar-refractivity contribution is 6.70. The number of hydrogen-bond acceptors (Lipinski definition) is 0. The van der Waals surface area contributed by atoms with Crippen LogP contribution in [0.5, 0.6) is 0 Å². The molecule has 0 aliphatic rings. The van der Waals surface area contributed by atoms with Crippen molar-refractivity contribution < 1.29 is 0 Å². The van der Waals surface area contributed by atoms with Gasteiger partial charge >= 0.3 is 0 Å². The molecular formula is C40H10. The lowest BCUT2D eigenvalue weighted by Gasteiger charge is -2.11. The Kier molecular flexibility index (Phi) is 1.62. The van der Waals surface area contributed by atoms with Gasteiger partial charge in [0.05, 0.1) is 0 Å². The third kappa shape index (κ3) is 1.03. The Morgan fingerprint density at radius 3 is 0.350 bits per heavy atom. The fraction of sp³-hybridized carbons (Fsp3) is 0. The zero-order chi connectivity index (χ0) is 24.4. The van der Waals surface area contributed by atoms with E-state index in [-0.39, 0.29) is 0 Å². The van der Waals surface area contributed by atoms with Crippen LogP contribution >= 0.6 is 0 Å². The summed E-state index contributed by atoms with van der Waals surface area (Å²) >= 11 is 0. The third-order valence-electron chi connectivity index (χ3n) is 12.5. The molecule has 0 atom stereocenters. The van der Waals surface area contributed by atoms with Gasteiger partial charge in [0.1, 0.15) is 0 Å². The van der Waals surface area contributed by atoms with Crippen LogP contribution in [0.3, 0.4) is 0 Å². The molecule has 16 rings (SSSR count). The van der Waals surface area contributed by atoms with Crippen LogP contribution in [0, 0.1) is 0 Å². The predicted molar refractivity (Wildman–Crippen MR) is 174 cm³/mol. The quantitative estimate of drug-likeness (QED) is 0.185. The van der Waals surface area contributed by atoms with Crippen LogP contribution in [-0.4, -0.2) is 0 Å². The van der Waals surface area contributed by atoms with E-state index >= 15 is 0 Å². The van der Waals surface area contributed by atoms with Gasteiger partial charge < -0.3 is 0 Å². The van der Waals surface area contributed by atoms with Crippen molar-refractivity contribution in [3.05, 3.63) is 60.7 Å². The van der Waals surface area contributed by atoms with Crippen LogP contribution in [0.15, 0.2) is 60.7 Å². The number of hydrogen-bond donors (Lipinski definition) is 0. The zero-order valence-electron chi connectivity index (χ0n) is 20.8. The van der Waals surface area contributed by atoms with E-state index in [0.717, 1.165) is 0 Å². The van der Waals surface area contributed by atoms with Crippen LogP contribution < -0.4 is 0 Å². The van der Waals surface area contributed by atoms with Gasteiger partial charge in [-0.25, -0.2) is 0 Å². The van der Waals surface area contributed by atoms with Gasteiger partial charge in [0.2, 0.25) is 0 Å². The van der Waals surface area contributed by atoms with Crippen molar-refractivity contribution in [3.63, 3.8) is 0 Å². The van der Waals surface area contributed by atoms with Crippen LogP contribution in [0.4, 0.5) is 0 Å². The number of benzene rings is 10. The van der Waals surface area contributed by atoms with Crippen molar-refractivity contribution in [3.8, 4) is 0 Å². The highest BCUT2D eigenvalue weighted by Gasteiger charge is 2.38. The van der Waals surface area contributed by atoms with E-state index in [4.69, 9.17) is 0 Å². The molecule has 0 amide bonds. The second-order valence-electron chi connectivity index (χ2n) is 13.3. The Morgan fingerprint density at radius 2 is 0.225 bits per heavy atom. The van der Waals surface area contributed by atoms with Crippen LogP contribution in [0.25, 0.3) is 162 Å². The summed E-state index contributed by atoms with van der Waals surface area (Å²) in [6, 6.07) is 24.5. The molecule has 0 spiro atoms. The summed E-state index contributed by atoms with van der Waals surface area (Å²) in [5.41, 5.74) is 0. The Labute approximate surface area is 221 Å². The Balaban J connectivity index is 1.60. The van der Waals surface area contributed by atoms with Crippen molar-refractivity contribution >= 4 is 162 Å². The van der Waals surface area contributed by atoms with E-state index in [9.17, 15) is 0 Å². The van der Waals surface area contributed by atoms with E-state index in [1.54, 1.807) is 53.9 Å². The fourth-order valence-corrected chi connectivity index (χ4v) is 11.6. The predicted octanol–water partition coefficient (Wildman–Crippen LogP) is 11.7. The van der Waals surface area contributed by atoms with Crippen molar-refractivity contribution in [2.24, 2.45) is 0 Å². The molecule has 16 aromatic carbocycles. The van der Waals surface area contributed by atoms with E-state index < -0.39 is 0 Å². The van der Waals surface area contributed by atoms with E-state index in [2.05, 4.69) is 60.7 Å². The summed E-state index contributed by atoms with van der Waals surface area (Å²) in [4.78, 5) is 0. The Bertz CT molecular complexity index is 2880. The van der Waals surface area contributed by atoms with Gasteiger partial charge in [-0.3, -0.25) is 0 Å². The van der Waals surface area contributed by atoms with Crippen molar-refractivity contribution in [2.75, 3.05) is 0 Å². The lowest BCUT2D eigenvalue weighted by atomic mass is 9.90. The maximum Gasteiger partial charge on any atom is -0.000000767 e. The summed E-state index contributed by atoms with van der Waals surface area (Å²) < 4.78 is 0. The first kappa shape index (κ1) is 16.0. The first-order valence-corrected chi connectivity index (χ1v) is 14.6. The second kappa shape index (κ2) is 4.05. The zero-order valence-corrected chi connectivity index (χ0v) is 20.8. The SMILES string of the molecule is c1cc2c3ccc4c5ccc6c7ccc8c9ccc%10c1c1c2c2c3c4c3c5c6c4c7c8c5c9c%10c1c1c2c3c4c51. The normalized spacial score (nSPS) is 15.5. The topological polar surface area (TPSA) is 0 Å². The molecule has 0 nitrogen and oxygen atoms in total. The first-order valence-electron chi connectivity index (χ1n) is 14.6. The summed E-state index contributed by atoms with van der Waals surface area (Å²) in [5, 5.41) is 45.5. The van der Waals surface area contributed by atoms with Crippen molar-refractivity contribution in [2.45, 2.75) is 0 Å². The average molecular weight is 491 g/mol. The Morgan fingerprint density at radius 1 is 0.125 bits per heavy atom. The average Bonchev–Trinajstić information content (AvgIpc) is 3.79. The van der Waals surface area contributed by atoms with Gasteiger partial charge in [0.25, 0.3) is 0 Å². The minimum absolute atomic E-state index is 1.45. The molecule has 170 valence electrons. The van der Waals surface area contributed by atoms with Gasteiger partial charge in [0, 0.05) is 0 Å². The molecule has 40 heavy (non-hydrogen) atoms. The smallest absolute Gasteiger partial charge is 0.000000767 e. The van der Waals surface area contributed by atoms with Gasteiger partial charge in [-0.2, -0.15) is 0 Å². The van der Waals surface area contributed by atoms with Gasteiger partial charge in [-0.05, 0) is 162 Å². The summed E-state index contributed by atoms with van der Waals surface area (Å²) in [6.07, 6.45) is 0. The first-order chi connectivity index (χ1) is 19.9. The maximum absolute atomic E-state index is 2.45. The molecule has 0 unspecified atom stereocenters. The number of rotatable bonds is 0. The molecule has 0 aliphatic heterocycles. The molecule has 0 heteroatoms. The van der Waals surface area contributed by atoms with E-state index in [0.29, 0.717) is 0 Å². The molecule has 0 aliphatic carbocycles. The lowest BCUT2D eigenvalue weighted by Crippen LogP contribution is -1.82. The van der Waals surface area contributed by atoms with Crippen LogP contribution in [-0.2, 0) is 0 Å². The van der Waals surface area contributed by atoms with Gasteiger partial charge in [-0.15, -0.1) is 0 Å². The number of fused-ring (bicyclic) bond motifs is 5. The summed E-state index contributed by atoms with van der Waals surface area (Å²) in [7, 11) is 0. The summed E-state index contributed by atoms with van der Waals surface area (Å²) in [5.74, 6) is 0. The van der Waals surface area contributed by atoms with E-state index in [1.165, 1.54) is 108 Å². The standard InChI is InChI=1S/C40H10/c1-2-12-14-5-6-16-18-9-10-20-19-8-7-17-15-4-3-13-11(1)21-22(12)32-24(14)26(16)34-29(18)30(20)35-28(19)27(17)33-25(15)23(13)31(21)36-37(32)39(34)40(35)38(33)36/h1-10H. The third-order valence-corrected chi connectivity index (χ3v) is 12.5. The fourth-order valence-electron chi connectivity index (χ4n) is 11.6. The maximum atomic E-state index is 2.45. The van der Waals surface area contributed by atoms with Crippen molar-refractivity contribution in [1.82, 2.24) is 0 Å². The lowest BCUT2D eigenvalue weighted by molar-refractivity contribution is 1.96. The molecule has 0 saturated heterocycles. The highest BCUT2D eigenvalue weighted by Crippen LogP contribution is 2.67. The van der Waals surface area contributed by atoms with Crippen LogP contribution in [0.1, 0.15) is 0 Å². The summed E-state index contributed by atoms with van der Waals surface area (Å²) in [6.45, 7) is 0. The van der Waals surface area contributed by atoms with Crippen molar-refractivity contribution in [1.29, 1.82) is 0 Å². The molecule has 0 saturated carbocycles. The monoisotopic (exact) mass is 490 g/mol. The molecule has 0 N–H and O–H groups in total.